The lowest BCUT2D eigenvalue weighted by Gasteiger charge is -2.33. The van der Waals surface area contributed by atoms with Crippen molar-refractivity contribution in [1.82, 2.24) is 10.2 Å². The molecule has 0 aromatic heterocycles. The van der Waals surface area contributed by atoms with Gasteiger partial charge in [0.2, 0.25) is 21.8 Å². The number of hydrogen-bond donors (Lipinski definition) is 1. The Hall–Kier alpha value is -3.65. The minimum Gasteiger partial charge on any atom is -0.352 e. The van der Waals surface area contributed by atoms with E-state index in [1.54, 1.807) is 4.90 Å². The van der Waals surface area contributed by atoms with E-state index >= 15 is 0 Å². The molecule has 0 unspecified atom stereocenters. The van der Waals surface area contributed by atoms with Crippen LogP contribution in [-0.4, -0.2) is 50.0 Å². The fourth-order valence-electron chi connectivity index (χ4n) is 5.00. The molecule has 3 aromatic carbocycles. The van der Waals surface area contributed by atoms with Crippen LogP contribution in [0.15, 0.2) is 72.8 Å². The molecular weight excluding hydrogens is 534 g/mol. The molecule has 0 aliphatic heterocycles. The van der Waals surface area contributed by atoms with Gasteiger partial charge in [0.25, 0.3) is 0 Å². The maximum Gasteiger partial charge on any atom is 0.243 e. The quantitative estimate of drug-likeness (QED) is 0.298. The molecule has 3 aromatic rings. The van der Waals surface area contributed by atoms with E-state index in [0.717, 1.165) is 27.8 Å². The lowest BCUT2D eigenvalue weighted by Crippen LogP contribution is -2.52. The third-order valence-electron chi connectivity index (χ3n) is 6.95. The summed E-state index contributed by atoms with van der Waals surface area (Å²) in [4.78, 5) is 29.1. The van der Waals surface area contributed by atoms with E-state index < -0.39 is 16.1 Å². The molecule has 1 N–H and O–H groups in total. The SMILES string of the molecule is Cc1cc(C)cc(N(CCCC(=O)N(Cc2ccccc2C)[C@@H](Cc2ccccc2)C(=O)NC(C)C)S(C)(=O)=O)c1. The number of benzene rings is 3. The molecule has 0 aliphatic carbocycles. The molecule has 0 aliphatic rings. The van der Waals surface area contributed by atoms with Crippen molar-refractivity contribution in [3.05, 3.63) is 101 Å². The summed E-state index contributed by atoms with van der Waals surface area (Å²) in [6.07, 6.45) is 1.97. The van der Waals surface area contributed by atoms with E-state index in [-0.39, 0.29) is 37.4 Å². The van der Waals surface area contributed by atoms with Crippen LogP contribution in [0.2, 0.25) is 0 Å². The maximum absolute atomic E-state index is 13.9. The van der Waals surface area contributed by atoms with Gasteiger partial charge in [0, 0.05) is 32.0 Å². The first-order valence-corrected chi connectivity index (χ1v) is 15.9. The second-order valence-electron chi connectivity index (χ2n) is 11.1. The molecule has 0 radical (unpaired) electrons. The van der Waals surface area contributed by atoms with E-state index in [4.69, 9.17) is 0 Å². The number of carbonyl (C=O) groups excluding carboxylic acids is 2. The number of hydrogen-bond acceptors (Lipinski definition) is 4. The van der Waals surface area contributed by atoms with Crippen LogP contribution in [0, 0.1) is 20.8 Å². The predicted molar refractivity (Wildman–Crippen MR) is 166 cm³/mol. The van der Waals surface area contributed by atoms with Crippen LogP contribution in [0.25, 0.3) is 0 Å². The van der Waals surface area contributed by atoms with Crippen molar-refractivity contribution in [2.45, 2.75) is 72.5 Å². The van der Waals surface area contributed by atoms with Gasteiger partial charge in [-0.25, -0.2) is 8.42 Å². The molecule has 1 atom stereocenters. The van der Waals surface area contributed by atoms with E-state index in [9.17, 15) is 18.0 Å². The molecule has 7 nitrogen and oxygen atoms in total. The van der Waals surface area contributed by atoms with Crippen LogP contribution in [0.4, 0.5) is 5.69 Å². The highest BCUT2D eigenvalue weighted by molar-refractivity contribution is 7.92. The Morgan fingerprint density at radius 1 is 0.878 bits per heavy atom. The first kappa shape index (κ1) is 31.9. The minimum absolute atomic E-state index is 0.0858. The zero-order valence-electron chi connectivity index (χ0n) is 25.1. The van der Waals surface area contributed by atoms with Crippen molar-refractivity contribution in [2.75, 3.05) is 17.1 Å². The fourth-order valence-corrected chi connectivity index (χ4v) is 5.95. The molecule has 0 saturated heterocycles. The highest BCUT2D eigenvalue weighted by atomic mass is 32.2. The number of nitrogens with zero attached hydrogens (tertiary/aromatic N) is 2. The van der Waals surface area contributed by atoms with Crippen molar-refractivity contribution in [1.29, 1.82) is 0 Å². The number of nitrogens with one attached hydrogen (secondary N) is 1. The van der Waals surface area contributed by atoms with Gasteiger partial charge in [-0.15, -0.1) is 0 Å². The van der Waals surface area contributed by atoms with Gasteiger partial charge >= 0.3 is 0 Å². The maximum atomic E-state index is 13.9. The summed E-state index contributed by atoms with van der Waals surface area (Å²) in [5, 5.41) is 3.00. The molecule has 0 spiro atoms. The Balaban J connectivity index is 1.90. The topological polar surface area (TPSA) is 86.8 Å². The number of amides is 2. The molecule has 8 heteroatoms. The molecular formula is C33H43N3O4S. The summed E-state index contributed by atoms with van der Waals surface area (Å²) in [7, 11) is -3.56. The summed E-state index contributed by atoms with van der Waals surface area (Å²) >= 11 is 0. The van der Waals surface area contributed by atoms with Gasteiger partial charge in [0.15, 0.2) is 0 Å². The standard InChI is InChI=1S/C33H43N3O4S/c1-24(2)34-33(38)31(22-28-14-8-7-9-15-28)35(23-29-16-11-10-13-27(29)5)32(37)17-12-18-36(41(6,39)40)30-20-25(3)19-26(4)21-30/h7-11,13-16,19-21,24,31H,12,17-18,22-23H2,1-6H3,(H,34,38)/t31-/m0/s1. The number of rotatable bonds is 13. The number of sulfonamides is 1. The van der Waals surface area contributed by atoms with Gasteiger partial charge in [-0.3, -0.25) is 13.9 Å². The Labute approximate surface area is 245 Å². The van der Waals surface area contributed by atoms with Crippen molar-refractivity contribution in [2.24, 2.45) is 0 Å². The molecule has 0 bridgehead atoms. The Morgan fingerprint density at radius 3 is 2.07 bits per heavy atom. The zero-order chi connectivity index (χ0) is 30.2. The summed E-state index contributed by atoms with van der Waals surface area (Å²) < 4.78 is 26.8. The first-order valence-electron chi connectivity index (χ1n) is 14.1. The van der Waals surface area contributed by atoms with E-state index in [2.05, 4.69) is 5.32 Å². The fraction of sp³-hybridized carbons (Fsp3) is 0.394. The highest BCUT2D eigenvalue weighted by Crippen LogP contribution is 2.23. The van der Waals surface area contributed by atoms with Crippen molar-refractivity contribution < 1.29 is 18.0 Å². The van der Waals surface area contributed by atoms with Crippen LogP contribution in [0.1, 0.15) is 54.5 Å². The van der Waals surface area contributed by atoms with Crippen LogP contribution in [0.3, 0.4) is 0 Å². The Bertz CT molecular complexity index is 1420. The number of aryl methyl sites for hydroxylation is 3. The van der Waals surface area contributed by atoms with E-state index in [0.29, 0.717) is 18.5 Å². The van der Waals surface area contributed by atoms with Crippen LogP contribution in [-0.2, 0) is 32.6 Å². The zero-order valence-corrected chi connectivity index (χ0v) is 25.9. The third-order valence-corrected chi connectivity index (χ3v) is 8.14. The second-order valence-corrected chi connectivity index (χ2v) is 13.0. The molecule has 41 heavy (non-hydrogen) atoms. The van der Waals surface area contributed by atoms with Crippen molar-refractivity contribution >= 4 is 27.5 Å². The predicted octanol–water partition coefficient (Wildman–Crippen LogP) is 5.32. The smallest absolute Gasteiger partial charge is 0.243 e. The van der Waals surface area contributed by atoms with Gasteiger partial charge in [-0.1, -0.05) is 60.7 Å². The Morgan fingerprint density at radius 2 is 1.49 bits per heavy atom. The van der Waals surface area contributed by atoms with Crippen LogP contribution in [0.5, 0.6) is 0 Å². The van der Waals surface area contributed by atoms with Gasteiger partial charge < -0.3 is 10.2 Å². The summed E-state index contributed by atoms with van der Waals surface area (Å²) in [6.45, 7) is 10.1. The van der Waals surface area contributed by atoms with Gasteiger partial charge in [-0.05, 0) is 81.0 Å². The van der Waals surface area contributed by atoms with Crippen molar-refractivity contribution in [3.8, 4) is 0 Å². The molecule has 3 rings (SSSR count). The molecule has 0 saturated carbocycles. The van der Waals surface area contributed by atoms with E-state index in [1.165, 1.54) is 10.6 Å². The lowest BCUT2D eigenvalue weighted by atomic mass is 10.0. The third kappa shape index (κ3) is 9.46. The summed E-state index contributed by atoms with van der Waals surface area (Å²) in [6, 6.07) is 22.4. The average Bonchev–Trinajstić information content (AvgIpc) is 2.88. The molecule has 0 heterocycles. The van der Waals surface area contributed by atoms with Crippen LogP contribution < -0.4 is 9.62 Å². The largest absolute Gasteiger partial charge is 0.352 e. The summed E-state index contributed by atoms with van der Waals surface area (Å²) in [5.74, 6) is -0.402. The molecule has 2 amide bonds. The normalized spacial score (nSPS) is 12.2. The first-order chi connectivity index (χ1) is 19.3. The monoisotopic (exact) mass is 577 g/mol. The minimum atomic E-state index is -3.56. The van der Waals surface area contributed by atoms with Crippen LogP contribution >= 0.6 is 0 Å². The molecule has 0 fully saturated rings. The number of anilines is 1. The van der Waals surface area contributed by atoms with Gasteiger partial charge in [0.05, 0.1) is 11.9 Å². The van der Waals surface area contributed by atoms with Crippen molar-refractivity contribution in [3.63, 3.8) is 0 Å². The second kappa shape index (κ2) is 14.3. The number of carbonyl (C=O) groups is 2. The van der Waals surface area contributed by atoms with Gasteiger partial charge in [-0.2, -0.15) is 0 Å². The van der Waals surface area contributed by atoms with E-state index in [1.807, 2.05) is 107 Å². The van der Waals surface area contributed by atoms with Gasteiger partial charge in [0.1, 0.15) is 6.04 Å². The average molecular weight is 578 g/mol. The molecule has 220 valence electrons. The summed E-state index contributed by atoms with van der Waals surface area (Å²) in [5.41, 5.74) is 5.47. The highest BCUT2D eigenvalue weighted by Gasteiger charge is 2.31. The lowest BCUT2D eigenvalue weighted by molar-refractivity contribution is -0.141. The Kier molecular flexibility index (Phi) is 11.1.